The Kier molecular flexibility index (Phi) is 7.45. The van der Waals surface area contributed by atoms with Crippen LogP contribution in [-0.4, -0.2) is 85.4 Å². The quantitative estimate of drug-likeness (QED) is 0.738. The lowest BCUT2D eigenvalue weighted by Crippen LogP contribution is -2.50. The molecule has 0 radical (unpaired) electrons. The van der Waals surface area contributed by atoms with Crippen LogP contribution in [0.2, 0.25) is 0 Å². The van der Waals surface area contributed by atoms with Gasteiger partial charge in [-0.05, 0) is 25.8 Å². The number of likely N-dealkylation sites (N-methyl/N-ethyl adjacent to an activating group) is 1. The van der Waals surface area contributed by atoms with Crippen LogP contribution in [0.15, 0.2) is 0 Å². The minimum atomic E-state index is -0.864. The summed E-state index contributed by atoms with van der Waals surface area (Å²) in [7, 11) is 1.74. The molecule has 3 atom stereocenters. The highest BCUT2D eigenvalue weighted by Crippen LogP contribution is 2.25. The standard InChI is InChI=1S/C17H30N2O5/c1-13-4-3-5-14(8-13)24-12-16(20)19-6-7-23-15(10-19)9-18(2)11-17(21)22/h13-15H,3-12H2,1-2H3,(H,21,22)/t13-,14+,15+/m1/s1. The van der Waals surface area contributed by atoms with Gasteiger partial charge in [-0.1, -0.05) is 19.8 Å². The van der Waals surface area contributed by atoms with Gasteiger partial charge in [-0.25, -0.2) is 0 Å². The smallest absolute Gasteiger partial charge is 0.317 e. The molecule has 1 heterocycles. The molecule has 0 aromatic rings. The van der Waals surface area contributed by atoms with E-state index >= 15 is 0 Å². The van der Waals surface area contributed by atoms with Crippen molar-refractivity contribution in [2.45, 2.75) is 44.8 Å². The Labute approximate surface area is 143 Å². The number of aliphatic carboxylic acids is 1. The topological polar surface area (TPSA) is 79.3 Å². The number of morpholine rings is 1. The molecule has 1 amide bonds. The average Bonchev–Trinajstić information content (AvgIpc) is 2.52. The first kappa shape index (κ1) is 19.1. The number of hydrogen-bond acceptors (Lipinski definition) is 5. The Morgan fingerprint density at radius 3 is 2.88 bits per heavy atom. The molecular formula is C17H30N2O5. The van der Waals surface area contributed by atoms with Crippen molar-refractivity contribution in [2.24, 2.45) is 5.92 Å². The minimum absolute atomic E-state index is 0.00224. The first-order valence-corrected chi connectivity index (χ1v) is 8.85. The number of rotatable bonds is 7. The highest BCUT2D eigenvalue weighted by molar-refractivity contribution is 5.77. The van der Waals surface area contributed by atoms with Crippen LogP contribution >= 0.6 is 0 Å². The number of carbonyl (C=O) groups is 2. The zero-order valence-corrected chi connectivity index (χ0v) is 14.8. The molecule has 138 valence electrons. The van der Waals surface area contributed by atoms with Crippen LogP contribution in [0.4, 0.5) is 0 Å². The Balaban J connectivity index is 1.72. The van der Waals surface area contributed by atoms with E-state index in [2.05, 4.69) is 6.92 Å². The molecule has 2 fully saturated rings. The lowest BCUT2D eigenvalue weighted by molar-refractivity contribution is -0.148. The Morgan fingerprint density at radius 2 is 2.17 bits per heavy atom. The first-order valence-electron chi connectivity index (χ1n) is 8.85. The summed E-state index contributed by atoms with van der Waals surface area (Å²) in [4.78, 5) is 26.6. The molecule has 1 saturated carbocycles. The molecule has 2 rings (SSSR count). The fourth-order valence-corrected chi connectivity index (χ4v) is 3.51. The average molecular weight is 342 g/mol. The zero-order valence-electron chi connectivity index (χ0n) is 14.8. The lowest BCUT2D eigenvalue weighted by atomic mass is 9.89. The summed E-state index contributed by atoms with van der Waals surface area (Å²) >= 11 is 0. The number of carbonyl (C=O) groups excluding carboxylic acids is 1. The molecule has 0 aromatic heterocycles. The van der Waals surface area contributed by atoms with E-state index in [9.17, 15) is 9.59 Å². The fraction of sp³-hybridized carbons (Fsp3) is 0.882. The van der Waals surface area contributed by atoms with Gasteiger partial charge in [0.2, 0.25) is 5.91 Å². The monoisotopic (exact) mass is 342 g/mol. The Morgan fingerprint density at radius 1 is 1.38 bits per heavy atom. The fourth-order valence-electron chi connectivity index (χ4n) is 3.51. The number of amides is 1. The molecule has 1 aliphatic carbocycles. The van der Waals surface area contributed by atoms with E-state index in [4.69, 9.17) is 14.6 Å². The maximum absolute atomic E-state index is 12.4. The predicted molar refractivity (Wildman–Crippen MR) is 88.8 cm³/mol. The van der Waals surface area contributed by atoms with Crippen molar-refractivity contribution >= 4 is 11.9 Å². The van der Waals surface area contributed by atoms with E-state index in [1.54, 1.807) is 16.8 Å². The third kappa shape index (κ3) is 6.37. The summed E-state index contributed by atoms with van der Waals surface area (Å²) in [5.41, 5.74) is 0. The Bertz CT molecular complexity index is 431. The van der Waals surface area contributed by atoms with Crippen LogP contribution in [0, 0.1) is 5.92 Å². The summed E-state index contributed by atoms with van der Waals surface area (Å²) in [6.07, 6.45) is 4.57. The van der Waals surface area contributed by atoms with Gasteiger partial charge in [0.1, 0.15) is 6.61 Å². The van der Waals surface area contributed by atoms with Crippen molar-refractivity contribution in [3.63, 3.8) is 0 Å². The second kappa shape index (κ2) is 9.34. The van der Waals surface area contributed by atoms with Gasteiger partial charge in [-0.15, -0.1) is 0 Å². The lowest BCUT2D eigenvalue weighted by Gasteiger charge is -2.35. The van der Waals surface area contributed by atoms with Crippen LogP contribution in [0.1, 0.15) is 32.6 Å². The molecule has 7 nitrogen and oxygen atoms in total. The highest BCUT2D eigenvalue weighted by atomic mass is 16.5. The van der Waals surface area contributed by atoms with Crippen molar-refractivity contribution in [1.82, 2.24) is 9.80 Å². The molecule has 1 N–H and O–H groups in total. The number of hydrogen-bond donors (Lipinski definition) is 1. The van der Waals surface area contributed by atoms with Gasteiger partial charge in [0.25, 0.3) is 0 Å². The molecule has 1 saturated heterocycles. The van der Waals surface area contributed by atoms with Crippen LogP contribution in [0.25, 0.3) is 0 Å². The largest absolute Gasteiger partial charge is 0.480 e. The van der Waals surface area contributed by atoms with Crippen molar-refractivity contribution in [3.8, 4) is 0 Å². The first-order chi connectivity index (χ1) is 11.4. The van der Waals surface area contributed by atoms with E-state index in [1.165, 1.54) is 12.8 Å². The number of carboxylic acid groups (broad SMARTS) is 1. The van der Waals surface area contributed by atoms with Gasteiger partial charge < -0.3 is 19.5 Å². The van der Waals surface area contributed by atoms with Crippen LogP contribution in [0.5, 0.6) is 0 Å². The maximum atomic E-state index is 12.4. The van der Waals surface area contributed by atoms with Crippen molar-refractivity contribution in [3.05, 3.63) is 0 Å². The summed E-state index contributed by atoms with van der Waals surface area (Å²) in [5.74, 6) is -0.185. The van der Waals surface area contributed by atoms with Crippen molar-refractivity contribution in [1.29, 1.82) is 0 Å². The molecular weight excluding hydrogens is 312 g/mol. The van der Waals surface area contributed by atoms with Crippen LogP contribution in [-0.2, 0) is 19.1 Å². The Hall–Kier alpha value is -1.18. The van der Waals surface area contributed by atoms with Gasteiger partial charge >= 0.3 is 5.97 Å². The summed E-state index contributed by atoms with van der Waals surface area (Å²) in [6.45, 7) is 4.38. The van der Waals surface area contributed by atoms with Gasteiger partial charge in [-0.2, -0.15) is 0 Å². The molecule has 1 aliphatic heterocycles. The summed E-state index contributed by atoms with van der Waals surface area (Å²) < 4.78 is 11.5. The SMILES string of the molecule is C[C@@H]1CCC[C@H](OCC(=O)N2CCO[C@@H](CN(C)CC(=O)O)C2)C1. The van der Waals surface area contributed by atoms with Gasteiger partial charge in [0.15, 0.2) is 0 Å². The second-order valence-electron chi connectivity index (χ2n) is 7.13. The van der Waals surface area contributed by atoms with E-state index in [1.807, 2.05) is 0 Å². The van der Waals surface area contributed by atoms with Gasteiger partial charge in [0, 0.05) is 19.6 Å². The van der Waals surface area contributed by atoms with Gasteiger partial charge in [0.05, 0.1) is 25.4 Å². The minimum Gasteiger partial charge on any atom is -0.480 e. The number of nitrogens with zero attached hydrogens (tertiary/aromatic N) is 2. The molecule has 0 unspecified atom stereocenters. The summed E-state index contributed by atoms with van der Waals surface area (Å²) in [6, 6.07) is 0. The van der Waals surface area contributed by atoms with Crippen molar-refractivity contribution in [2.75, 3.05) is 46.4 Å². The molecule has 7 heteroatoms. The molecule has 0 bridgehead atoms. The normalized spacial score (nSPS) is 28.1. The third-order valence-corrected chi connectivity index (χ3v) is 4.74. The number of carboxylic acids is 1. The maximum Gasteiger partial charge on any atom is 0.317 e. The third-order valence-electron chi connectivity index (χ3n) is 4.74. The van der Waals surface area contributed by atoms with Crippen LogP contribution in [0.3, 0.4) is 0 Å². The predicted octanol–water partition coefficient (Wildman–Crippen LogP) is 0.826. The number of ether oxygens (including phenoxy) is 2. The van der Waals surface area contributed by atoms with Crippen molar-refractivity contribution < 1.29 is 24.2 Å². The van der Waals surface area contributed by atoms with E-state index in [0.717, 1.165) is 12.8 Å². The molecule has 0 aromatic carbocycles. The van der Waals surface area contributed by atoms with E-state index < -0.39 is 5.97 Å². The highest BCUT2D eigenvalue weighted by Gasteiger charge is 2.27. The van der Waals surface area contributed by atoms with Gasteiger partial charge in [-0.3, -0.25) is 14.5 Å². The second-order valence-corrected chi connectivity index (χ2v) is 7.13. The zero-order chi connectivity index (χ0) is 17.5. The summed E-state index contributed by atoms with van der Waals surface area (Å²) in [5, 5.41) is 8.80. The molecule has 0 spiro atoms. The van der Waals surface area contributed by atoms with E-state index in [0.29, 0.717) is 32.2 Å². The van der Waals surface area contributed by atoms with E-state index in [-0.39, 0.29) is 31.3 Å². The molecule has 24 heavy (non-hydrogen) atoms. The molecule has 2 aliphatic rings. The van der Waals surface area contributed by atoms with Crippen LogP contribution < -0.4 is 0 Å².